The van der Waals surface area contributed by atoms with E-state index >= 15 is 0 Å². The van der Waals surface area contributed by atoms with E-state index < -0.39 is 0 Å². The van der Waals surface area contributed by atoms with E-state index in [0.717, 1.165) is 54.8 Å². The van der Waals surface area contributed by atoms with Crippen molar-refractivity contribution >= 4 is 16.7 Å². The maximum atomic E-state index is 12.9. The number of hydrogen-bond acceptors (Lipinski definition) is 3. The van der Waals surface area contributed by atoms with E-state index in [1.807, 2.05) is 41.4 Å². The van der Waals surface area contributed by atoms with Gasteiger partial charge in [-0.3, -0.25) is 9.69 Å². The van der Waals surface area contributed by atoms with Gasteiger partial charge in [0, 0.05) is 50.2 Å². The van der Waals surface area contributed by atoms with Crippen LogP contribution in [0.4, 0.5) is 0 Å². The third-order valence-electron chi connectivity index (χ3n) is 4.63. The number of nitrogens with zero attached hydrogens (tertiary/aromatic N) is 3. The molecule has 1 amide bonds. The lowest BCUT2D eigenvalue weighted by Crippen LogP contribution is -2.48. The monoisotopic (exact) mass is 320 g/mol. The van der Waals surface area contributed by atoms with Crippen molar-refractivity contribution in [3.8, 4) is 0 Å². The number of nitrogens with one attached hydrogen (secondary N) is 1. The standard InChI is InChI=1S/C19H20N4O/c24-19(18-7-3-5-15-4-1-2-6-17(15)18)23-10-8-22(9-11-23)13-16-12-20-14-21-16/h1-7,12,14H,8-11,13H2,(H,20,21). The van der Waals surface area contributed by atoms with Gasteiger partial charge in [-0.1, -0.05) is 36.4 Å². The van der Waals surface area contributed by atoms with Crippen molar-refractivity contribution in [1.29, 1.82) is 0 Å². The fraction of sp³-hybridized carbons (Fsp3) is 0.263. The highest BCUT2D eigenvalue weighted by Crippen LogP contribution is 2.20. The highest BCUT2D eigenvalue weighted by Gasteiger charge is 2.23. The number of hydrogen-bond donors (Lipinski definition) is 1. The summed E-state index contributed by atoms with van der Waals surface area (Å²) in [5.41, 5.74) is 1.92. The fourth-order valence-corrected chi connectivity index (χ4v) is 3.30. The number of amides is 1. The zero-order chi connectivity index (χ0) is 16.4. The lowest BCUT2D eigenvalue weighted by Gasteiger charge is -2.34. The highest BCUT2D eigenvalue weighted by molar-refractivity contribution is 6.07. The van der Waals surface area contributed by atoms with E-state index in [0.29, 0.717) is 0 Å². The van der Waals surface area contributed by atoms with E-state index in [-0.39, 0.29) is 5.91 Å². The van der Waals surface area contributed by atoms with Gasteiger partial charge in [-0.2, -0.15) is 0 Å². The molecule has 0 radical (unpaired) electrons. The van der Waals surface area contributed by atoms with Gasteiger partial charge < -0.3 is 9.88 Å². The Morgan fingerprint density at radius 1 is 1.04 bits per heavy atom. The lowest BCUT2D eigenvalue weighted by molar-refractivity contribution is 0.0629. The van der Waals surface area contributed by atoms with Crippen molar-refractivity contribution in [2.45, 2.75) is 6.54 Å². The van der Waals surface area contributed by atoms with Crippen LogP contribution in [0.15, 0.2) is 55.0 Å². The van der Waals surface area contributed by atoms with Gasteiger partial charge in [-0.15, -0.1) is 0 Å². The summed E-state index contributed by atoms with van der Waals surface area (Å²) in [7, 11) is 0. The molecule has 5 heteroatoms. The first-order valence-electron chi connectivity index (χ1n) is 8.28. The van der Waals surface area contributed by atoms with Crippen molar-refractivity contribution < 1.29 is 4.79 Å². The number of aromatic amines is 1. The second-order valence-electron chi connectivity index (χ2n) is 6.17. The topological polar surface area (TPSA) is 52.2 Å². The Labute approximate surface area is 140 Å². The summed E-state index contributed by atoms with van der Waals surface area (Å²) < 4.78 is 0. The molecule has 1 aromatic heterocycles. The Balaban J connectivity index is 1.46. The predicted molar refractivity (Wildman–Crippen MR) is 93.7 cm³/mol. The van der Waals surface area contributed by atoms with Crippen LogP contribution in [0.2, 0.25) is 0 Å². The maximum Gasteiger partial charge on any atom is 0.254 e. The van der Waals surface area contributed by atoms with Gasteiger partial charge in [0.25, 0.3) is 5.91 Å². The molecule has 122 valence electrons. The number of benzene rings is 2. The molecule has 1 N–H and O–H groups in total. The van der Waals surface area contributed by atoms with Crippen LogP contribution in [0.3, 0.4) is 0 Å². The smallest absolute Gasteiger partial charge is 0.254 e. The normalized spacial score (nSPS) is 15.8. The van der Waals surface area contributed by atoms with Crippen LogP contribution in [0.25, 0.3) is 10.8 Å². The van der Waals surface area contributed by atoms with Crippen LogP contribution in [0.1, 0.15) is 16.1 Å². The number of aromatic nitrogens is 2. The number of rotatable bonds is 3. The molecular formula is C19H20N4O. The molecule has 0 aliphatic carbocycles. The van der Waals surface area contributed by atoms with Crippen molar-refractivity contribution in [2.75, 3.05) is 26.2 Å². The van der Waals surface area contributed by atoms with Gasteiger partial charge in [-0.05, 0) is 16.8 Å². The van der Waals surface area contributed by atoms with Gasteiger partial charge >= 0.3 is 0 Å². The molecule has 0 saturated carbocycles. The molecule has 1 saturated heterocycles. The molecule has 24 heavy (non-hydrogen) atoms. The van der Waals surface area contributed by atoms with Crippen molar-refractivity contribution in [3.05, 3.63) is 66.2 Å². The van der Waals surface area contributed by atoms with Crippen LogP contribution < -0.4 is 0 Å². The summed E-state index contributed by atoms with van der Waals surface area (Å²) >= 11 is 0. The first-order valence-corrected chi connectivity index (χ1v) is 8.28. The van der Waals surface area contributed by atoms with Crippen molar-refractivity contribution in [2.24, 2.45) is 0 Å². The summed E-state index contributed by atoms with van der Waals surface area (Å²) in [6.45, 7) is 4.15. The molecule has 3 aromatic rings. The number of H-pyrrole nitrogens is 1. The number of piperazine rings is 1. The average molecular weight is 320 g/mol. The van der Waals surface area contributed by atoms with Gasteiger partial charge in [0.1, 0.15) is 0 Å². The van der Waals surface area contributed by atoms with Crippen molar-refractivity contribution in [1.82, 2.24) is 19.8 Å². The van der Waals surface area contributed by atoms with E-state index in [9.17, 15) is 4.79 Å². The third-order valence-corrected chi connectivity index (χ3v) is 4.63. The number of imidazole rings is 1. The summed E-state index contributed by atoms with van der Waals surface area (Å²) in [4.78, 5) is 24.4. The second-order valence-corrected chi connectivity index (χ2v) is 6.17. The number of fused-ring (bicyclic) bond motifs is 1. The maximum absolute atomic E-state index is 12.9. The van der Waals surface area contributed by atoms with Gasteiger partial charge in [0.2, 0.25) is 0 Å². The zero-order valence-electron chi connectivity index (χ0n) is 13.5. The summed E-state index contributed by atoms with van der Waals surface area (Å²) in [5.74, 6) is 0.132. The van der Waals surface area contributed by atoms with Gasteiger partial charge in [0.15, 0.2) is 0 Å². The van der Waals surface area contributed by atoms with Gasteiger partial charge in [0.05, 0.1) is 6.33 Å². The zero-order valence-corrected chi connectivity index (χ0v) is 13.5. The van der Waals surface area contributed by atoms with E-state index in [4.69, 9.17) is 0 Å². The Hall–Kier alpha value is -2.66. The third kappa shape index (κ3) is 2.90. The molecule has 5 nitrogen and oxygen atoms in total. The minimum Gasteiger partial charge on any atom is -0.347 e. The molecular weight excluding hydrogens is 300 g/mol. The molecule has 1 fully saturated rings. The number of carbonyl (C=O) groups is 1. The Bertz CT molecular complexity index is 830. The van der Waals surface area contributed by atoms with Gasteiger partial charge in [-0.25, -0.2) is 4.98 Å². The molecule has 0 bridgehead atoms. The molecule has 0 unspecified atom stereocenters. The highest BCUT2D eigenvalue weighted by atomic mass is 16.2. The molecule has 4 rings (SSSR count). The number of carbonyl (C=O) groups excluding carboxylic acids is 1. The Morgan fingerprint density at radius 3 is 2.62 bits per heavy atom. The van der Waals surface area contributed by atoms with Crippen molar-refractivity contribution in [3.63, 3.8) is 0 Å². The molecule has 0 spiro atoms. The largest absolute Gasteiger partial charge is 0.347 e. The van der Waals surface area contributed by atoms with Crippen LogP contribution in [-0.4, -0.2) is 51.9 Å². The summed E-state index contributed by atoms with van der Waals surface area (Å²) in [6.07, 6.45) is 3.56. The summed E-state index contributed by atoms with van der Waals surface area (Å²) in [5, 5.41) is 2.14. The van der Waals surface area contributed by atoms with E-state index in [2.05, 4.69) is 27.0 Å². The molecule has 0 atom stereocenters. The molecule has 2 aromatic carbocycles. The van der Waals surface area contributed by atoms with Crippen LogP contribution in [-0.2, 0) is 6.54 Å². The molecule has 1 aliphatic heterocycles. The quantitative estimate of drug-likeness (QED) is 0.807. The van der Waals surface area contributed by atoms with E-state index in [1.54, 1.807) is 6.33 Å². The Kier molecular flexibility index (Phi) is 4.01. The fourth-order valence-electron chi connectivity index (χ4n) is 3.30. The summed E-state index contributed by atoms with van der Waals surface area (Å²) in [6, 6.07) is 14.0. The minimum atomic E-state index is 0.132. The van der Waals surface area contributed by atoms with E-state index in [1.165, 1.54) is 0 Å². The van der Waals surface area contributed by atoms with Crippen LogP contribution >= 0.6 is 0 Å². The van der Waals surface area contributed by atoms with Crippen LogP contribution in [0, 0.1) is 0 Å². The Morgan fingerprint density at radius 2 is 1.83 bits per heavy atom. The first kappa shape index (κ1) is 14.9. The lowest BCUT2D eigenvalue weighted by atomic mass is 10.0. The van der Waals surface area contributed by atoms with Crippen LogP contribution in [0.5, 0.6) is 0 Å². The average Bonchev–Trinajstić information content (AvgIpc) is 3.14. The first-order chi connectivity index (χ1) is 11.8. The minimum absolute atomic E-state index is 0.132. The molecule has 1 aliphatic rings. The SMILES string of the molecule is O=C(c1cccc2ccccc12)N1CCN(Cc2cnc[nH]2)CC1. The second kappa shape index (κ2) is 6.45. The predicted octanol–water partition coefficient (Wildman–Crippen LogP) is 2.52. The molecule has 2 heterocycles.